The molecule has 0 amide bonds. The van der Waals surface area contributed by atoms with Crippen molar-refractivity contribution in [2.45, 2.75) is 38.0 Å². The van der Waals surface area contributed by atoms with E-state index in [0.717, 1.165) is 31.6 Å². The van der Waals surface area contributed by atoms with Crippen LogP contribution in [0.15, 0.2) is 54.6 Å². The molecule has 2 aromatic carbocycles. The number of hydrogen-bond acceptors (Lipinski definition) is 4. The quantitative estimate of drug-likeness (QED) is 0.772. The van der Waals surface area contributed by atoms with Crippen LogP contribution in [0.25, 0.3) is 0 Å². The highest BCUT2D eigenvalue weighted by atomic mass is 32.2. The van der Waals surface area contributed by atoms with Crippen LogP contribution in [-0.4, -0.2) is 45.9 Å². The van der Waals surface area contributed by atoms with E-state index in [1.807, 2.05) is 25.1 Å². The van der Waals surface area contributed by atoms with Gasteiger partial charge < -0.3 is 4.74 Å². The van der Waals surface area contributed by atoms with E-state index in [-0.39, 0.29) is 12.1 Å². The number of ether oxygens (including phenoxy) is 1. The van der Waals surface area contributed by atoms with Crippen molar-refractivity contribution in [3.05, 3.63) is 71.3 Å². The summed E-state index contributed by atoms with van der Waals surface area (Å²) in [6.07, 6.45) is 2.46. The van der Waals surface area contributed by atoms with Crippen molar-refractivity contribution in [3.63, 3.8) is 0 Å². The van der Waals surface area contributed by atoms with Gasteiger partial charge in [0.2, 0.25) is 10.0 Å². The predicted molar refractivity (Wildman–Crippen MR) is 113 cm³/mol. The molecule has 28 heavy (non-hydrogen) atoms. The zero-order valence-electron chi connectivity index (χ0n) is 16.8. The summed E-state index contributed by atoms with van der Waals surface area (Å²) in [7, 11) is -1.41. The average Bonchev–Trinajstić information content (AvgIpc) is 2.68. The van der Waals surface area contributed by atoms with E-state index in [9.17, 15) is 8.42 Å². The second-order valence-electron chi connectivity index (χ2n) is 7.67. The first-order chi connectivity index (χ1) is 13.4. The van der Waals surface area contributed by atoms with Crippen molar-refractivity contribution in [2.24, 2.45) is 0 Å². The third kappa shape index (κ3) is 5.64. The minimum absolute atomic E-state index is 0.232. The van der Waals surface area contributed by atoms with Crippen LogP contribution in [0.5, 0.6) is 0 Å². The van der Waals surface area contributed by atoms with Crippen LogP contribution >= 0.6 is 0 Å². The summed E-state index contributed by atoms with van der Waals surface area (Å²) in [4.78, 5) is 2.47. The lowest BCUT2D eigenvalue weighted by atomic mass is 9.87. The molecule has 1 unspecified atom stereocenters. The van der Waals surface area contributed by atoms with Gasteiger partial charge in [-0.2, -0.15) is 0 Å². The fourth-order valence-electron chi connectivity index (χ4n) is 4.00. The van der Waals surface area contributed by atoms with E-state index in [0.29, 0.717) is 5.92 Å². The monoisotopic (exact) mass is 402 g/mol. The highest BCUT2D eigenvalue weighted by molar-refractivity contribution is 7.88. The van der Waals surface area contributed by atoms with Gasteiger partial charge in [0.15, 0.2) is 0 Å². The van der Waals surface area contributed by atoms with Crippen molar-refractivity contribution in [1.82, 2.24) is 9.62 Å². The fraction of sp³-hybridized carbons (Fsp3) is 0.455. The Morgan fingerprint density at radius 2 is 1.82 bits per heavy atom. The fourth-order valence-corrected chi connectivity index (χ4v) is 4.78. The van der Waals surface area contributed by atoms with Gasteiger partial charge >= 0.3 is 0 Å². The summed E-state index contributed by atoms with van der Waals surface area (Å²) in [6.45, 7) is 4.72. The molecular weight excluding hydrogens is 372 g/mol. The number of methoxy groups -OCH3 is 1. The Labute approximate surface area is 168 Å². The summed E-state index contributed by atoms with van der Waals surface area (Å²) in [6, 6.07) is 18.6. The SMILES string of the molecule is COC1CCN(Cc2ccc([C@@H](C)NS(C)(=O)=O)cc2)C[C@@H]1c1ccccc1. The van der Waals surface area contributed by atoms with Gasteiger partial charge in [0, 0.05) is 38.7 Å². The summed E-state index contributed by atoms with van der Waals surface area (Å²) >= 11 is 0. The van der Waals surface area contributed by atoms with Crippen LogP contribution in [0.2, 0.25) is 0 Å². The maximum absolute atomic E-state index is 11.4. The molecule has 1 aliphatic rings. The zero-order valence-corrected chi connectivity index (χ0v) is 17.7. The topological polar surface area (TPSA) is 58.6 Å². The summed E-state index contributed by atoms with van der Waals surface area (Å²) in [5.74, 6) is 0.373. The van der Waals surface area contributed by atoms with Crippen LogP contribution < -0.4 is 4.72 Å². The third-order valence-electron chi connectivity index (χ3n) is 5.44. The first-order valence-corrected chi connectivity index (χ1v) is 11.6. The Morgan fingerprint density at radius 3 is 2.43 bits per heavy atom. The first kappa shape index (κ1) is 21.0. The van der Waals surface area contributed by atoms with Gasteiger partial charge in [0.05, 0.1) is 12.4 Å². The standard InChI is InChI=1S/C22H30N2O3S/c1-17(23-28(3,25)26)19-11-9-18(10-12-19)15-24-14-13-22(27-2)21(16-24)20-7-5-4-6-8-20/h4-12,17,21-23H,13-16H2,1-3H3/t17-,21-,22?/m1/s1. The van der Waals surface area contributed by atoms with Crippen LogP contribution in [-0.2, 0) is 21.3 Å². The summed E-state index contributed by atoms with van der Waals surface area (Å²) in [5.41, 5.74) is 3.53. The van der Waals surface area contributed by atoms with Gasteiger partial charge in [0.25, 0.3) is 0 Å². The summed E-state index contributed by atoms with van der Waals surface area (Å²) < 4.78 is 31.2. The molecule has 1 fully saturated rings. The Balaban J connectivity index is 1.65. The van der Waals surface area contributed by atoms with E-state index in [4.69, 9.17) is 4.74 Å². The van der Waals surface area contributed by atoms with Crippen molar-refractivity contribution < 1.29 is 13.2 Å². The normalized spacial score (nSPS) is 22.1. The molecule has 0 radical (unpaired) electrons. The van der Waals surface area contributed by atoms with Crippen molar-refractivity contribution in [1.29, 1.82) is 0 Å². The first-order valence-electron chi connectivity index (χ1n) is 9.72. The molecular formula is C22H30N2O3S. The molecule has 1 heterocycles. The van der Waals surface area contributed by atoms with E-state index in [2.05, 4.69) is 46.0 Å². The molecule has 1 aliphatic heterocycles. The molecule has 0 spiro atoms. The maximum atomic E-state index is 11.4. The zero-order chi connectivity index (χ0) is 20.1. The third-order valence-corrected chi connectivity index (χ3v) is 6.22. The van der Waals surface area contributed by atoms with Gasteiger partial charge in [-0.15, -0.1) is 0 Å². The molecule has 1 N–H and O–H groups in total. The largest absolute Gasteiger partial charge is 0.381 e. The number of rotatable bonds is 7. The van der Waals surface area contributed by atoms with Crippen molar-refractivity contribution >= 4 is 10.0 Å². The molecule has 6 heteroatoms. The molecule has 5 nitrogen and oxygen atoms in total. The Morgan fingerprint density at radius 1 is 1.14 bits per heavy atom. The summed E-state index contributed by atoms with van der Waals surface area (Å²) in [5, 5.41) is 0. The van der Waals surface area contributed by atoms with Gasteiger partial charge in [-0.3, -0.25) is 4.90 Å². The lowest BCUT2D eigenvalue weighted by Gasteiger charge is -2.38. The van der Waals surface area contributed by atoms with Crippen LogP contribution in [0.4, 0.5) is 0 Å². The van der Waals surface area contributed by atoms with Gasteiger partial charge in [-0.05, 0) is 30.0 Å². The minimum Gasteiger partial charge on any atom is -0.381 e. The minimum atomic E-state index is -3.21. The van der Waals surface area contributed by atoms with Crippen molar-refractivity contribution in [2.75, 3.05) is 26.5 Å². The van der Waals surface area contributed by atoms with Crippen LogP contribution in [0.1, 0.15) is 42.0 Å². The average molecular weight is 403 g/mol. The molecule has 0 aromatic heterocycles. The van der Waals surface area contributed by atoms with E-state index in [1.54, 1.807) is 7.11 Å². The molecule has 3 rings (SSSR count). The molecule has 152 valence electrons. The molecule has 2 aromatic rings. The molecule has 0 saturated carbocycles. The highest BCUT2D eigenvalue weighted by Crippen LogP contribution is 2.30. The maximum Gasteiger partial charge on any atom is 0.209 e. The second-order valence-corrected chi connectivity index (χ2v) is 9.45. The molecule has 1 saturated heterocycles. The number of hydrogen-bond donors (Lipinski definition) is 1. The number of piperidine rings is 1. The van der Waals surface area contributed by atoms with E-state index in [1.165, 1.54) is 17.4 Å². The van der Waals surface area contributed by atoms with Gasteiger partial charge in [0.1, 0.15) is 0 Å². The van der Waals surface area contributed by atoms with Gasteiger partial charge in [-0.25, -0.2) is 13.1 Å². The van der Waals surface area contributed by atoms with Crippen LogP contribution in [0, 0.1) is 0 Å². The lowest BCUT2D eigenvalue weighted by Crippen LogP contribution is -2.42. The Kier molecular flexibility index (Phi) is 6.88. The highest BCUT2D eigenvalue weighted by Gasteiger charge is 2.30. The number of likely N-dealkylation sites (tertiary alicyclic amines) is 1. The van der Waals surface area contributed by atoms with Gasteiger partial charge in [-0.1, -0.05) is 54.6 Å². The Hall–Kier alpha value is -1.73. The van der Waals surface area contributed by atoms with E-state index < -0.39 is 10.0 Å². The number of sulfonamides is 1. The molecule has 3 atom stereocenters. The van der Waals surface area contributed by atoms with Crippen molar-refractivity contribution in [3.8, 4) is 0 Å². The van der Waals surface area contributed by atoms with E-state index >= 15 is 0 Å². The number of nitrogens with one attached hydrogen (secondary N) is 1. The molecule has 0 aliphatic carbocycles. The Bertz CT molecular complexity index is 853. The number of nitrogens with zero attached hydrogens (tertiary/aromatic N) is 1. The smallest absolute Gasteiger partial charge is 0.209 e. The van der Waals surface area contributed by atoms with Crippen LogP contribution in [0.3, 0.4) is 0 Å². The predicted octanol–water partition coefficient (Wildman–Crippen LogP) is 3.30. The lowest BCUT2D eigenvalue weighted by molar-refractivity contribution is 0.0198. The molecule has 0 bridgehead atoms. The second kappa shape index (κ2) is 9.18. The number of benzene rings is 2.